The number of aromatic nitrogens is 2. The summed E-state index contributed by atoms with van der Waals surface area (Å²) in [5, 5.41) is 1.37. The Bertz CT molecular complexity index is 1160. The van der Waals surface area contributed by atoms with Crippen LogP contribution in [0.3, 0.4) is 0 Å². The Morgan fingerprint density at radius 1 is 0.931 bits per heavy atom. The monoisotopic (exact) mass is 405 g/mol. The Balaban J connectivity index is 1.30. The first kappa shape index (κ1) is 18.1. The van der Waals surface area contributed by atoms with Crippen LogP contribution in [0.1, 0.15) is 46.0 Å². The Labute approximate surface area is 171 Å². The number of amides is 2. The highest BCUT2D eigenvalue weighted by molar-refractivity contribution is 7.99. The molecule has 1 aliphatic heterocycles. The van der Waals surface area contributed by atoms with Crippen LogP contribution in [0.15, 0.2) is 58.5 Å². The van der Waals surface area contributed by atoms with Crippen LogP contribution in [0.25, 0.3) is 10.9 Å². The lowest BCUT2D eigenvalue weighted by Gasteiger charge is -2.15. The summed E-state index contributed by atoms with van der Waals surface area (Å²) in [5.41, 5.74) is 1.67. The Kier molecular flexibility index (Phi) is 4.47. The number of carbonyl (C=O) groups is 2. The van der Waals surface area contributed by atoms with Crippen molar-refractivity contribution in [2.75, 3.05) is 12.3 Å². The number of carbonyl (C=O) groups excluding carboxylic acids is 2. The molecule has 6 nitrogen and oxygen atoms in total. The van der Waals surface area contributed by atoms with E-state index in [2.05, 4.69) is 0 Å². The standard InChI is InChI=1S/C22H19N3O3S/c26-19-15-6-1-2-7-16(15)20(27)24(19)12-5-13-29-22-23-18-9-4-3-8-17(18)21(28)25(22)14-10-11-14/h1-4,6-9,14H,5,10-13H2. The largest absolute Gasteiger partial charge is 0.284 e. The number of para-hydroxylation sites is 1. The van der Waals surface area contributed by atoms with E-state index < -0.39 is 0 Å². The molecule has 2 amide bonds. The van der Waals surface area contributed by atoms with Gasteiger partial charge < -0.3 is 0 Å². The van der Waals surface area contributed by atoms with Crippen LogP contribution in [0.4, 0.5) is 0 Å². The van der Waals surface area contributed by atoms with E-state index in [1.807, 2.05) is 28.8 Å². The van der Waals surface area contributed by atoms with E-state index in [9.17, 15) is 14.4 Å². The van der Waals surface area contributed by atoms with Crippen molar-refractivity contribution in [1.29, 1.82) is 0 Å². The zero-order chi connectivity index (χ0) is 20.0. The quantitative estimate of drug-likeness (QED) is 0.272. The van der Waals surface area contributed by atoms with Gasteiger partial charge in [0.15, 0.2) is 5.16 Å². The Hall–Kier alpha value is -2.93. The average molecular weight is 405 g/mol. The summed E-state index contributed by atoms with van der Waals surface area (Å²) in [5.74, 6) is 0.217. The van der Waals surface area contributed by atoms with Crippen molar-refractivity contribution in [2.45, 2.75) is 30.5 Å². The van der Waals surface area contributed by atoms with Crippen LogP contribution in [-0.2, 0) is 0 Å². The van der Waals surface area contributed by atoms with Gasteiger partial charge in [0.25, 0.3) is 17.4 Å². The van der Waals surface area contributed by atoms with Crippen LogP contribution in [0, 0.1) is 0 Å². The van der Waals surface area contributed by atoms with Gasteiger partial charge in [-0.2, -0.15) is 0 Å². The smallest absolute Gasteiger partial charge is 0.262 e. The molecule has 1 saturated carbocycles. The molecule has 0 spiro atoms. The van der Waals surface area contributed by atoms with Crippen LogP contribution >= 0.6 is 11.8 Å². The minimum absolute atomic E-state index is 0.0148. The fourth-order valence-electron chi connectivity index (χ4n) is 3.71. The normalized spacial score (nSPS) is 15.9. The van der Waals surface area contributed by atoms with E-state index in [-0.39, 0.29) is 23.4 Å². The van der Waals surface area contributed by atoms with Crippen molar-refractivity contribution in [2.24, 2.45) is 0 Å². The summed E-state index contributed by atoms with van der Waals surface area (Å²) in [4.78, 5) is 43.8. The Morgan fingerprint density at radius 2 is 1.59 bits per heavy atom. The molecule has 0 N–H and O–H groups in total. The third-order valence-corrected chi connectivity index (χ3v) is 6.36. The Morgan fingerprint density at radius 3 is 2.28 bits per heavy atom. The maximum absolute atomic E-state index is 12.9. The van der Waals surface area contributed by atoms with Crippen molar-refractivity contribution in [1.82, 2.24) is 14.5 Å². The molecular weight excluding hydrogens is 386 g/mol. The summed E-state index contributed by atoms with van der Waals surface area (Å²) in [6.07, 6.45) is 2.65. The highest BCUT2D eigenvalue weighted by Gasteiger charge is 2.34. The second-order valence-electron chi connectivity index (χ2n) is 7.33. The number of fused-ring (bicyclic) bond motifs is 2. The topological polar surface area (TPSA) is 72.3 Å². The molecule has 2 heterocycles. The molecule has 146 valence electrons. The maximum atomic E-state index is 12.9. The van der Waals surface area contributed by atoms with Gasteiger partial charge in [-0.1, -0.05) is 36.0 Å². The first-order valence-electron chi connectivity index (χ1n) is 9.74. The minimum Gasteiger partial charge on any atom is -0.284 e. The molecule has 0 unspecified atom stereocenters. The summed E-state index contributed by atoms with van der Waals surface area (Å²) >= 11 is 1.52. The van der Waals surface area contributed by atoms with Gasteiger partial charge in [-0.25, -0.2) is 4.98 Å². The van der Waals surface area contributed by atoms with Crippen molar-refractivity contribution in [3.63, 3.8) is 0 Å². The van der Waals surface area contributed by atoms with Crippen molar-refractivity contribution in [3.8, 4) is 0 Å². The molecule has 29 heavy (non-hydrogen) atoms. The zero-order valence-corrected chi connectivity index (χ0v) is 16.5. The van der Waals surface area contributed by atoms with E-state index in [4.69, 9.17) is 4.98 Å². The van der Waals surface area contributed by atoms with Gasteiger partial charge in [-0.3, -0.25) is 23.9 Å². The molecule has 0 saturated heterocycles. The summed E-state index contributed by atoms with van der Waals surface area (Å²) in [6.45, 7) is 0.362. The predicted octanol–water partition coefficient (Wildman–Crippen LogP) is 3.51. The van der Waals surface area contributed by atoms with E-state index in [1.165, 1.54) is 16.7 Å². The fraction of sp³-hybridized carbons (Fsp3) is 0.273. The number of hydrogen-bond donors (Lipinski definition) is 0. The molecule has 2 aliphatic rings. The molecule has 2 aromatic carbocycles. The predicted molar refractivity (Wildman–Crippen MR) is 111 cm³/mol. The molecule has 1 aromatic heterocycles. The van der Waals surface area contributed by atoms with Crippen molar-refractivity contribution >= 4 is 34.5 Å². The molecule has 3 aromatic rings. The molecule has 0 radical (unpaired) electrons. The molecular formula is C22H19N3O3S. The second-order valence-corrected chi connectivity index (χ2v) is 8.39. The highest BCUT2D eigenvalue weighted by atomic mass is 32.2. The number of hydrogen-bond acceptors (Lipinski definition) is 5. The van der Waals surface area contributed by atoms with E-state index in [0.29, 0.717) is 40.7 Å². The number of rotatable bonds is 6. The SMILES string of the molecule is O=C1c2ccccc2C(=O)N1CCCSc1nc2ccccc2c(=O)n1C1CC1. The van der Waals surface area contributed by atoms with Crippen LogP contribution < -0.4 is 5.56 Å². The third-order valence-electron chi connectivity index (χ3n) is 5.32. The van der Waals surface area contributed by atoms with Crippen molar-refractivity contribution in [3.05, 3.63) is 70.0 Å². The van der Waals surface area contributed by atoms with Gasteiger partial charge in [0, 0.05) is 18.3 Å². The van der Waals surface area contributed by atoms with Crippen LogP contribution in [0.2, 0.25) is 0 Å². The maximum Gasteiger partial charge on any atom is 0.262 e. The van der Waals surface area contributed by atoms with Crippen LogP contribution in [0.5, 0.6) is 0 Å². The molecule has 1 aliphatic carbocycles. The van der Waals surface area contributed by atoms with Gasteiger partial charge in [0.2, 0.25) is 0 Å². The number of benzene rings is 2. The summed E-state index contributed by atoms with van der Waals surface area (Å²) < 4.78 is 1.81. The summed E-state index contributed by atoms with van der Waals surface area (Å²) in [6, 6.07) is 14.6. The number of imide groups is 1. The van der Waals surface area contributed by atoms with E-state index >= 15 is 0 Å². The first-order valence-corrected chi connectivity index (χ1v) is 10.7. The van der Waals surface area contributed by atoms with Crippen molar-refractivity contribution < 1.29 is 9.59 Å². The minimum atomic E-state index is -0.227. The molecule has 5 rings (SSSR count). The van der Waals surface area contributed by atoms with Gasteiger partial charge in [0.1, 0.15) is 0 Å². The lowest BCUT2D eigenvalue weighted by molar-refractivity contribution is 0.0655. The van der Waals surface area contributed by atoms with E-state index in [1.54, 1.807) is 24.3 Å². The van der Waals surface area contributed by atoms with Gasteiger partial charge in [-0.05, 0) is 43.5 Å². The third kappa shape index (κ3) is 3.15. The molecule has 0 atom stereocenters. The zero-order valence-electron chi connectivity index (χ0n) is 15.7. The van der Waals surface area contributed by atoms with Gasteiger partial charge in [-0.15, -0.1) is 0 Å². The first-order chi connectivity index (χ1) is 14.1. The molecule has 1 fully saturated rings. The highest BCUT2D eigenvalue weighted by Crippen LogP contribution is 2.37. The number of thioether (sulfide) groups is 1. The van der Waals surface area contributed by atoms with E-state index in [0.717, 1.165) is 18.0 Å². The molecule has 7 heteroatoms. The second kappa shape index (κ2) is 7.15. The average Bonchev–Trinajstić information content (AvgIpc) is 3.54. The lowest BCUT2D eigenvalue weighted by atomic mass is 10.1. The van der Waals surface area contributed by atoms with Gasteiger partial charge in [0.05, 0.1) is 22.0 Å². The molecule has 0 bridgehead atoms. The number of nitrogens with zero attached hydrogens (tertiary/aromatic N) is 3. The van der Waals surface area contributed by atoms with Gasteiger partial charge >= 0.3 is 0 Å². The lowest BCUT2D eigenvalue weighted by Crippen LogP contribution is -2.31. The van der Waals surface area contributed by atoms with Crippen LogP contribution in [-0.4, -0.2) is 38.6 Å². The summed E-state index contributed by atoms with van der Waals surface area (Å²) in [7, 11) is 0. The fourth-order valence-corrected chi connectivity index (χ4v) is 4.70.